The molecule has 0 bridgehead atoms. The number of phosphoric acid groups is 1. The minimum atomic E-state index is -4.62. The number of unbranched alkanes of at least 4 members (excludes halogenated alkanes) is 26. The average Bonchev–Trinajstić information content (AvgIpc) is 3.18. The molecule has 0 aromatic carbocycles. The van der Waals surface area contributed by atoms with E-state index in [1.807, 2.05) is 0 Å². The van der Waals surface area contributed by atoms with Crippen LogP contribution in [0.5, 0.6) is 0 Å². The molecule has 56 heavy (non-hydrogen) atoms. The molecular weight excluding hydrogens is 729 g/mol. The van der Waals surface area contributed by atoms with Gasteiger partial charge in [0.15, 0.2) is 0 Å². The van der Waals surface area contributed by atoms with Crippen LogP contribution in [0.1, 0.15) is 213 Å². The van der Waals surface area contributed by atoms with Gasteiger partial charge in [-0.05, 0) is 44.9 Å². The summed E-state index contributed by atoms with van der Waals surface area (Å²) in [5.74, 6) is -1.78. The maximum absolute atomic E-state index is 12.6. The van der Waals surface area contributed by atoms with Gasteiger partial charge in [-0.3, -0.25) is 18.6 Å². The summed E-state index contributed by atoms with van der Waals surface area (Å²) in [6, 6.07) is -1.47. The molecule has 0 spiro atoms. The molecule has 0 fully saturated rings. The number of nitrogens with two attached hydrogens (primary N) is 1. The Morgan fingerprint density at radius 3 is 1.48 bits per heavy atom. The second-order valence-corrected chi connectivity index (χ2v) is 17.0. The molecule has 0 heterocycles. The lowest BCUT2D eigenvalue weighted by atomic mass is 10.0. The normalized spacial score (nSPS) is 14.1. The predicted octanol–water partition coefficient (Wildman–Crippen LogP) is 12.7. The Morgan fingerprint density at radius 2 is 0.982 bits per heavy atom. The van der Waals surface area contributed by atoms with E-state index in [4.69, 9.17) is 29.4 Å². The summed E-state index contributed by atoms with van der Waals surface area (Å²) in [5.41, 5.74) is 5.36. The number of carboxylic acid groups (broad SMARTS) is 1. The van der Waals surface area contributed by atoms with E-state index in [0.29, 0.717) is 13.0 Å². The van der Waals surface area contributed by atoms with E-state index >= 15 is 0 Å². The molecule has 3 unspecified atom stereocenters. The summed E-state index contributed by atoms with van der Waals surface area (Å²) in [5, 5.41) is 8.90. The van der Waals surface area contributed by atoms with Crippen LogP contribution in [0.15, 0.2) is 24.3 Å². The van der Waals surface area contributed by atoms with Crippen molar-refractivity contribution in [3.05, 3.63) is 24.3 Å². The Balaban J connectivity index is 4.20. The SMILES string of the molecule is CCCCC/C=C\C/C=C\CCCCCCCCOCC(COP(=O)(O)OCC(N)C(=O)O)OC(=O)CCCCCCCCCCCCCCCCCCCC. The Labute approximate surface area is 343 Å². The molecule has 3 atom stereocenters. The highest BCUT2D eigenvalue weighted by molar-refractivity contribution is 7.47. The molecule has 0 aliphatic rings. The fourth-order valence-corrected chi connectivity index (χ4v) is 7.18. The van der Waals surface area contributed by atoms with Crippen molar-refractivity contribution >= 4 is 19.8 Å². The van der Waals surface area contributed by atoms with Crippen LogP contribution in [0.25, 0.3) is 0 Å². The summed E-state index contributed by atoms with van der Waals surface area (Å²) in [6.07, 6.45) is 45.1. The fraction of sp³-hybridized carbons (Fsp3) is 0.867. The minimum absolute atomic E-state index is 0.0137. The molecule has 4 N–H and O–H groups in total. The quantitative estimate of drug-likeness (QED) is 0.0234. The van der Waals surface area contributed by atoms with E-state index < -0.39 is 45.1 Å². The van der Waals surface area contributed by atoms with Crippen molar-refractivity contribution in [3.8, 4) is 0 Å². The van der Waals surface area contributed by atoms with Crippen LogP contribution >= 0.6 is 7.82 Å². The number of carbonyl (C=O) groups excluding carboxylic acids is 1. The molecule has 0 aromatic heterocycles. The summed E-state index contributed by atoms with van der Waals surface area (Å²) < 4.78 is 33.4. The molecule has 0 rings (SSSR count). The highest BCUT2D eigenvalue weighted by Gasteiger charge is 2.27. The van der Waals surface area contributed by atoms with Crippen LogP contribution in [0.2, 0.25) is 0 Å². The lowest BCUT2D eigenvalue weighted by molar-refractivity contribution is -0.154. The van der Waals surface area contributed by atoms with E-state index in [1.54, 1.807) is 0 Å². The van der Waals surface area contributed by atoms with Gasteiger partial charge in [-0.1, -0.05) is 186 Å². The number of carboxylic acids is 1. The molecule has 10 nitrogen and oxygen atoms in total. The first-order valence-electron chi connectivity index (χ1n) is 22.9. The van der Waals surface area contributed by atoms with Crippen molar-refractivity contribution < 1.29 is 42.7 Å². The largest absolute Gasteiger partial charge is 0.480 e. The third-order valence-electron chi connectivity index (χ3n) is 9.98. The molecular formula is C45H86NO9P. The lowest BCUT2D eigenvalue weighted by Crippen LogP contribution is -2.34. The van der Waals surface area contributed by atoms with Gasteiger partial charge in [0.25, 0.3) is 0 Å². The fourth-order valence-electron chi connectivity index (χ4n) is 6.40. The first-order chi connectivity index (χ1) is 27.2. The second kappa shape index (κ2) is 41.6. The number of carbonyl (C=O) groups is 2. The van der Waals surface area contributed by atoms with Crippen LogP contribution in [0, 0.1) is 0 Å². The monoisotopic (exact) mass is 816 g/mol. The third-order valence-corrected chi connectivity index (χ3v) is 10.9. The number of phosphoric ester groups is 1. The molecule has 0 aliphatic carbocycles. The van der Waals surface area contributed by atoms with Gasteiger partial charge in [0.05, 0.1) is 19.8 Å². The number of allylic oxidation sites excluding steroid dienone is 4. The van der Waals surface area contributed by atoms with Crippen LogP contribution in [0.3, 0.4) is 0 Å². The number of rotatable bonds is 44. The second-order valence-electron chi connectivity index (χ2n) is 15.5. The van der Waals surface area contributed by atoms with Gasteiger partial charge in [-0.2, -0.15) is 0 Å². The Bertz CT molecular complexity index is 993. The molecule has 330 valence electrons. The maximum Gasteiger partial charge on any atom is 0.472 e. The van der Waals surface area contributed by atoms with Crippen LogP contribution < -0.4 is 5.73 Å². The summed E-state index contributed by atoms with van der Waals surface area (Å²) in [4.78, 5) is 33.6. The Hall–Kier alpha value is -1.55. The van der Waals surface area contributed by atoms with Crippen molar-refractivity contribution in [2.24, 2.45) is 5.73 Å². The topological polar surface area (TPSA) is 155 Å². The molecule has 0 aromatic rings. The van der Waals surface area contributed by atoms with Gasteiger partial charge in [0, 0.05) is 13.0 Å². The van der Waals surface area contributed by atoms with Crippen molar-refractivity contribution in [2.75, 3.05) is 26.4 Å². The number of ether oxygens (including phenoxy) is 2. The molecule has 0 aliphatic heterocycles. The van der Waals surface area contributed by atoms with E-state index in [1.165, 1.54) is 141 Å². The van der Waals surface area contributed by atoms with Crippen molar-refractivity contribution in [2.45, 2.75) is 225 Å². The third kappa shape index (κ3) is 40.6. The molecule has 11 heteroatoms. The minimum Gasteiger partial charge on any atom is -0.480 e. The Morgan fingerprint density at radius 1 is 0.571 bits per heavy atom. The van der Waals surface area contributed by atoms with Gasteiger partial charge in [-0.15, -0.1) is 0 Å². The molecule has 0 saturated heterocycles. The van der Waals surface area contributed by atoms with Gasteiger partial charge in [0.2, 0.25) is 0 Å². The summed E-state index contributed by atoms with van der Waals surface area (Å²) in [7, 11) is -4.62. The zero-order chi connectivity index (χ0) is 41.2. The zero-order valence-corrected chi connectivity index (χ0v) is 36.9. The first kappa shape index (κ1) is 54.5. The van der Waals surface area contributed by atoms with Crippen molar-refractivity contribution in [1.29, 1.82) is 0 Å². The number of aliphatic carboxylic acids is 1. The van der Waals surface area contributed by atoms with Gasteiger partial charge >= 0.3 is 19.8 Å². The summed E-state index contributed by atoms with van der Waals surface area (Å²) in [6.45, 7) is 3.86. The van der Waals surface area contributed by atoms with Gasteiger partial charge < -0.3 is 25.2 Å². The van der Waals surface area contributed by atoms with Gasteiger partial charge in [-0.25, -0.2) is 4.57 Å². The molecule has 0 radical (unpaired) electrons. The van der Waals surface area contributed by atoms with Crippen LogP contribution in [-0.2, 0) is 32.7 Å². The smallest absolute Gasteiger partial charge is 0.472 e. The van der Waals surface area contributed by atoms with Crippen molar-refractivity contribution in [3.63, 3.8) is 0 Å². The van der Waals surface area contributed by atoms with E-state index in [0.717, 1.165) is 44.9 Å². The Kier molecular flexibility index (Phi) is 40.5. The van der Waals surface area contributed by atoms with Crippen LogP contribution in [0.4, 0.5) is 0 Å². The number of hydrogen-bond acceptors (Lipinski definition) is 8. The van der Waals surface area contributed by atoms with Gasteiger partial charge in [0.1, 0.15) is 12.1 Å². The number of hydrogen-bond donors (Lipinski definition) is 3. The molecule has 0 amide bonds. The number of esters is 1. The highest BCUT2D eigenvalue weighted by Crippen LogP contribution is 2.43. The average molecular weight is 816 g/mol. The van der Waals surface area contributed by atoms with E-state index in [-0.39, 0.29) is 13.0 Å². The highest BCUT2D eigenvalue weighted by atomic mass is 31.2. The van der Waals surface area contributed by atoms with E-state index in [9.17, 15) is 19.0 Å². The maximum atomic E-state index is 12.6. The zero-order valence-electron chi connectivity index (χ0n) is 36.0. The molecule has 0 saturated carbocycles. The van der Waals surface area contributed by atoms with Crippen molar-refractivity contribution in [1.82, 2.24) is 0 Å². The van der Waals surface area contributed by atoms with E-state index in [2.05, 4.69) is 38.2 Å². The summed E-state index contributed by atoms with van der Waals surface area (Å²) >= 11 is 0. The first-order valence-corrected chi connectivity index (χ1v) is 24.4. The van der Waals surface area contributed by atoms with Crippen LogP contribution in [-0.4, -0.2) is 60.5 Å². The standard InChI is InChI=1S/C45H86NO9P/c1-3-5-7-9-11-13-15-17-19-21-22-23-25-27-29-31-33-35-37-44(47)55-42(40-53-56(50,51)54-41-43(46)45(48)49)39-52-38-36-34-32-30-28-26-24-20-18-16-14-12-10-8-6-4-2/h12,14,18,20,42-43H,3-11,13,15-17,19,21-41,46H2,1-2H3,(H,48,49)(H,50,51)/b14-12-,20-18-. The predicted molar refractivity (Wildman–Crippen MR) is 231 cm³/mol. The lowest BCUT2D eigenvalue weighted by Gasteiger charge is -2.20.